The van der Waals surface area contributed by atoms with Crippen molar-refractivity contribution >= 4 is 21.7 Å². The summed E-state index contributed by atoms with van der Waals surface area (Å²) < 4.78 is 25.9. The molecule has 0 bridgehead atoms. The lowest BCUT2D eigenvalue weighted by Crippen LogP contribution is -2.02. The second kappa shape index (κ2) is 4.09. The molecule has 0 aromatic heterocycles. The summed E-state index contributed by atoms with van der Waals surface area (Å²) in [6, 6.07) is 6.94. The summed E-state index contributed by atoms with van der Waals surface area (Å²) >= 11 is 5.78. The third-order valence-corrected chi connectivity index (χ3v) is 2.30. The molecular formula is C8H9ClO3S. The van der Waals surface area contributed by atoms with Gasteiger partial charge in [-0.1, -0.05) is 29.8 Å². The van der Waals surface area contributed by atoms with Crippen LogP contribution < -0.4 is 0 Å². The summed E-state index contributed by atoms with van der Waals surface area (Å²) in [5.74, 6) is 0. The molecule has 1 aromatic carbocycles. The summed E-state index contributed by atoms with van der Waals surface area (Å²) in [4.78, 5) is 0. The van der Waals surface area contributed by atoms with Crippen molar-refractivity contribution in [2.75, 3.05) is 6.26 Å². The lowest BCUT2D eigenvalue weighted by molar-refractivity contribution is 0.312. The zero-order valence-electron chi connectivity index (χ0n) is 7.03. The monoisotopic (exact) mass is 220 g/mol. The SMILES string of the molecule is CS(=O)(=O)OCc1ccccc1Cl. The highest BCUT2D eigenvalue weighted by atomic mass is 35.5. The minimum atomic E-state index is -3.40. The normalized spacial score (nSPS) is 11.5. The van der Waals surface area contributed by atoms with Gasteiger partial charge in [-0.3, -0.25) is 4.18 Å². The molecule has 0 aliphatic carbocycles. The Balaban J connectivity index is 2.71. The molecule has 0 unspecified atom stereocenters. The van der Waals surface area contributed by atoms with Gasteiger partial charge in [0.2, 0.25) is 0 Å². The number of benzene rings is 1. The molecule has 0 radical (unpaired) electrons. The summed E-state index contributed by atoms with van der Waals surface area (Å²) in [5, 5.41) is 0.506. The molecule has 3 nitrogen and oxygen atoms in total. The van der Waals surface area contributed by atoms with Gasteiger partial charge < -0.3 is 0 Å². The van der Waals surface area contributed by atoms with Crippen LogP contribution in [0, 0.1) is 0 Å². The molecule has 0 N–H and O–H groups in total. The van der Waals surface area contributed by atoms with E-state index in [0.29, 0.717) is 10.6 Å². The third-order valence-electron chi connectivity index (χ3n) is 1.39. The van der Waals surface area contributed by atoms with E-state index in [0.717, 1.165) is 6.26 Å². The number of rotatable bonds is 3. The quantitative estimate of drug-likeness (QED) is 0.730. The fourth-order valence-corrected chi connectivity index (χ4v) is 1.32. The molecule has 0 amide bonds. The Kier molecular flexibility index (Phi) is 3.30. The molecule has 5 heteroatoms. The molecule has 0 aliphatic heterocycles. The van der Waals surface area contributed by atoms with Gasteiger partial charge in [0, 0.05) is 5.02 Å². The highest BCUT2D eigenvalue weighted by Gasteiger charge is 2.04. The molecule has 0 fully saturated rings. The van der Waals surface area contributed by atoms with E-state index in [4.69, 9.17) is 11.6 Å². The lowest BCUT2D eigenvalue weighted by atomic mass is 10.2. The molecule has 0 saturated heterocycles. The van der Waals surface area contributed by atoms with Gasteiger partial charge in [0.05, 0.1) is 12.9 Å². The summed E-state index contributed by atoms with van der Waals surface area (Å²) in [6.07, 6.45) is 1.00. The van der Waals surface area contributed by atoms with Crippen LogP contribution in [0.15, 0.2) is 24.3 Å². The van der Waals surface area contributed by atoms with Crippen molar-refractivity contribution in [1.29, 1.82) is 0 Å². The largest absolute Gasteiger partial charge is 0.265 e. The molecule has 13 heavy (non-hydrogen) atoms. The van der Waals surface area contributed by atoms with Crippen molar-refractivity contribution < 1.29 is 12.6 Å². The van der Waals surface area contributed by atoms with Gasteiger partial charge in [-0.15, -0.1) is 0 Å². The molecule has 0 heterocycles. The standard InChI is InChI=1S/C8H9ClO3S/c1-13(10,11)12-6-7-4-2-3-5-8(7)9/h2-5H,6H2,1H3. The third kappa shape index (κ3) is 3.76. The molecule has 0 aliphatic rings. The van der Waals surface area contributed by atoms with Gasteiger partial charge >= 0.3 is 0 Å². The number of halogens is 1. The Morgan fingerprint density at radius 3 is 2.54 bits per heavy atom. The maximum atomic E-state index is 10.7. The fraction of sp³-hybridized carbons (Fsp3) is 0.250. The summed E-state index contributed by atoms with van der Waals surface area (Å²) in [6.45, 7) is -0.0154. The second-order valence-electron chi connectivity index (χ2n) is 2.56. The first-order valence-electron chi connectivity index (χ1n) is 3.57. The van der Waals surface area contributed by atoms with E-state index in [1.165, 1.54) is 0 Å². The van der Waals surface area contributed by atoms with Crippen LogP contribution in [0.4, 0.5) is 0 Å². The predicted molar refractivity (Wildman–Crippen MR) is 51.1 cm³/mol. The number of hydrogen-bond acceptors (Lipinski definition) is 3. The Hall–Kier alpha value is -0.580. The fourth-order valence-electron chi connectivity index (χ4n) is 0.786. The first kappa shape index (κ1) is 10.5. The molecule has 0 saturated carbocycles. The highest BCUT2D eigenvalue weighted by Crippen LogP contribution is 2.16. The lowest BCUT2D eigenvalue weighted by Gasteiger charge is -2.02. The smallest absolute Gasteiger partial charge is 0.264 e. The van der Waals surface area contributed by atoms with Crippen LogP contribution in [0.2, 0.25) is 5.02 Å². The van der Waals surface area contributed by atoms with E-state index in [9.17, 15) is 8.42 Å². The van der Waals surface area contributed by atoms with Crippen molar-refractivity contribution in [3.8, 4) is 0 Å². The van der Waals surface area contributed by atoms with E-state index < -0.39 is 10.1 Å². The van der Waals surface area contributed by atoms with E-state index in [1.807, 2.05) is 0 Å². The predicted octanol–water partition coefficient (Wildman–Crippen LogP) is 1.82. The van der Waals surface area contributed by atoms with Crippen molar-refractivity contribution in [2.24, 2.45) is 0 Å². The van der Waals surface area contributed by atoms with Crippen LogP contribution in [0.1, 0.15) is 5.56 Å². The minimum absolute atomic E-state index is 0.0154. The first-order chi connectivity index (χ1) is 5.99. The topological polar surface area (TPSA) is 43.4 Å². The van der Waals surface area contributed by atoms with Crippen molar-refractivity contribution in [3.05, 3.63) is 34.9 Å². The van der Waals surface area contributed by atoms with E-state index in [-0.39, 0.29) is 6.61 Å². The zero-order valence-corrected chi connectivity index (χ0v) is 8.60. The maximum absolute atomic E-state index is 10.7. The van der Waals surface area contributed by atoms with E-state index >= 15 is 0 Å². The molecule has 0 atom stereocenters. The van der Waals surface area contributed by atoms with Crippen LogP contribution in [0.25, 0.3) is 0 Å². The average Bonchev–Trinajstić information content (AvgIpc) is 2.01. The van der Waals surface area contributed by atoms with Crippen LogP contribution in [0.5, 0.6) is 0 Å². The molecule has 1 aromatic rings. The Morgan fingerprint density at radius 1 is 1.38 bits per heavy atom. The summed E-state index contributed by atoms with van der Waals surface area (Å²) in [5.41, 5.74) is 0.662. The van der Waals surface area contributed by atoms with Crippen molar-refractivity contribution in [1.82, 2.24) is 0 Å². The van der Waals surface area contributed by atoms with Crippen molar-refractivity contribution in [3.63, 3.8) is 0 Å². The highest BCUT2D eigenvalue weighted by molar-refractivity contribution is 7.85. The zero-order chi connectivity index (χ0) is 9.90. The second-order valence-corrected chi connectivity index (χ2v) is 4.61. The number of hydrogen-bond donors (Lipinski definition) is 0. The van der Waals surface area contributed by atoms with E-state index in [2.05, 4.69) is 4.18 Å². The Labute approximate surface area is 82.4 Å². The first-order valence-corrected chi connectivity index (χ1v) is 5.76. The van der Waals surface area contributed by atoms with Crippen LogP contribution in [-0.4, -0.2) is 14.7 Å². The van der Waals surface area contributed by atoms with Gasteiger partial charge in [-0.2, -0.15) is 8.42 Å². The van der Waals surface area contributed by atoms with Gasteiger partial charge in [-0.25, -0.2) is 0 Å². The van der Waals surface area contributed by atoms with Gasteiger partial charge in [0.15, 0.2) is 0 Å². The molecule has 1 rings (SSSR count). The molecule has 72 valence electrons. The van der Waals surface area contributed by atoms with Crippen LogP contribution in [-0.2, 0) is 20.9 Å². The Bertz CT molecular complexity index is 386. The molecule has 0 spiro atoms. The van der Waals surface area contributed by atoms with Gasteiger partial charge in [0.25, 0.3) is 10.1 Å². The van der Waals surface area contributed by atoms with Crippen LogP contribution >= 0.6 is 11.6 Å². The minimum Gasteiger partial charge on any atom is -0.265 e. The average molecular weight is 221 g/mol. The summed E-state index contributed by atoms with van der Waals surface area (Å²) in [7, 11) is -3.40. The van der Waals surface area contributed by atoms with Gasteiger partial charge in [0.1, 0.15) is 0 Å². The molecular weight excluding hydrogens is 212 g/mol. The van der Waals surface area contributed by atoms with Gasteiger partial charge in [-0.05, 0) is 11.6 Å². The van der Waals surface area contributed by atoms with Crippen molar-refractivity contribution in [2.45, 2.75) is 6.61 Å². The Morgan fingerprint density at radius 2 is 2.00 bits per heavy atom. The van der Waals surface area contributed by atoms with Crippen LogP contribution in [0.3, 0.4) is 0 Å². The van der Waals surface area contributed by atoms with E-state index in [1.54, 1.807) is 24.3 Å². The maximum Gasteiger partial charge on any atom is 0.264 e.